The van der Waals surface area contributed by atoms with Crippen molar-refractivity contribution in [3.8, 4) is 0 Å². The second-order valence-corrected chi connectivity index (χ2v) is 6.01. The van der Waals surface area contributed by atoms with Crippen LogP contribution in [-0.4, -0.2) is 35.5 Å². The van der Waals surface area contributed by atoms with Gasteiger partial charge < -0.3 is 10.2 Å². The van der Waals surface area contributed by atoms with Crippen LogP contribution in [0.4, 0.5) is 5.00 Å². The van der Waals surface area contributed by atoms with Crippen molar-refractivity contribution in [2.24, 2.45) is 0 Å². The molecule has 4 heteroatoms. The van der Waals surface area contributed by atoms with Crippen molar-refractivity contribution in [3.63, 3.8) is 0 Å². The van der Waals surface area contributed by atoms with Gasteiger partial charge in [-0.25, -0.2) is 0 Å². The molecule has 0 saturated carbocycles. The molecule has 1 aromatic carbocycles. The summed E-state index contributed by atoms with van der Waals surface area (Å²) >= 11 is 1.56. The third-order valence-corrected chi connectivity index (χ3v) is 4.32. The molecule has 0 amide bonds. The van der Waals surface area contributed by atoms with Gasteiger partial charge in [-0.2, -0.15) is 4.37 Å². The van der Waals surface area contributed by atoms with Gasteiger partial charge in [0.1, 0.15) is 5.00 Å². The molecule has 0 unspecified atom stereocenters. The van der Waals surface area contributed by atoms with E-state index in [0.717, 1.165) is 12.1 Å². The fraction of sp³-hybridized carbons (Fsp3) is 0.533. The van der Waals surface area contributed by atoms with Gasteiger partial charge in [-0.05, 0) is 63.9 Å². The lowest BCUT2D eigenvalue weighted by atomic mass is 10.2. The molecule has 19 heavy (non-hydrogen) atoms. The number of aromatic nitrogens is 1. The first kappa shape index (κ1) is 14.3. The molecule has 3 nitrogen and oxygen atoms in total. The second-order valence-electron chi connectivity index (χ2n) is 5.24. The average molecular weight is 277 g/mol. The number of nitrogens with zero attached hydrogens (tertiary/aromatic N) is 2. The fourth-order valence-electron chi connectivity index (χ4n) is 1.96. The maximum atomic E-state index is 4.44. The van der Waals surface area contributed by atoms with Gasteiger partial charge in [0.15, 0.2) is 0 Å². The number of unbranched alkanes of at least 4 members (excludes halogenated alkanes) is 1. The molecule has 0 spiro atoms. The Kier molecular flexibility index (Phi) is 5.16. The van der Waals surface area contributed by atoms with Gasteiger partial charge in [0.05, 0.1) is 5.52 Å². The number of hydrogen-bond acceptors (Lipinski definition) is 4. The summed E-state index contributed by atoms with van der Waals surface area (Å²) in [5.41, 5.74) is 1.09. The molecule has 0 bridgehead atoms. The molecule has 1 heterocycles. The van der Waals surface area contributed by atoms with E-state index in [-0.39, 0.29) is 0 Å². The van der Waals surface area contributed by atoms with Gasteiger partial charge in [0.2, 0.25) is 0 Å². The highest BCUT2D eigenvalue weighted by Crippen LogP contribution is 2.27. The van der Waals surface area contributed by atoms with Crippen LogP contribution in [-0.2, 0) is 0 Å². The lowest BCUT2D eigenvalue weighted by Crippen LogP contribution is -2.27. The maximum Gasteiger partial charge on any atom is 0.117 e. The Morgan fingerprint density at radius 3 is 2.84 bits per heavy atom. The largest absolute Gasteiger partial charge is 0.375 e. The summed E-state index contributed by atoms with van der Waals surface area (Å²) in [7, 11) is 2.19. The molecule has 2 aromatic rings. The topological polar surface area (TPSA) is 28.2 Å². The highest BCUT2D eigenvalue weighted by molar-refractivity contribution is 7.11. The van der Waals surface area contributed by atoms with Crippen molar-refractivity contribution in [3.05, 3.63) is 24.3 Å². The van der Waals surface area contributed by atoms with Gasteiger partial charge in [-0.15, -0.1) is 0 Å². The van der Waals surface area contributed by atoms with Crippen LogP contribution in [0.1, 0.15) is 26.7 Å². The summed E-state index contributed by atoms with van der Waals surface area (Å²) in [4.78, 5) is 2.39. The standard InChI is InChI=1S/C15H23N3S/c1-12(2)18(3)11-7-6-10-16-15-13-8-4-5-9-14(13)17-19-15/h4-5,8-9,12,16H,6-7,10-11H2,1-3H3. The molecule has 0 aliphatic rings. The number of rotatable bonds is 7. The molecule has 1 N–H and O–H groups in total. The highest BCUT2D eigenvalue weighted by Gasteiger charge is 2.05. The Bertz CT molecular complexity index is 507. The van der Waals surface area contributed by atoms with E-state index in [1.165, 1.54) is 29.8 Å². The summed E-state index contributed by atoms with van der Waals surface area (Å²) < 4.78 is 4.44. The Balaban J connectivity index is 1.74. The Hall–Kier alpha value is -1.13. The van der Waals surface area contributed by atoms with Crippen LogP contribution in [0.2, 0.25) is 0 Å². The smallest absolute Gasteiger partial charge is 0.117 e. The summed E-state index contributed by atoms with van der Waals surface area (Å²) in [5.74, 6) is 0. The summed E-state index contributed by atoms with van der Waals surface area (Å²) in [6, 6.07) is 8.94. The van der Waals surface area contributed by atoms with Gasteiger partial charge in [0, 0.05) is 18.0 Å². The van der Waals surface area contributed by atoms with Crippen LogP contribution in [0.25, 0.3) is 10.9 Å². The Labute approximate surface area is 119 Å². The zero-order chi connectivity index (χ0) is 13.7. The van der Waals surface area contributed by atoms with Crippen molar-refractivity contribution >= 4 is 27.4 Å². The SMILES string of the molecule is CC(C)N(C)CCCCNc1snc2ccccc12. The third-order valence-electron chi connectivity index (χ3n) is 3.49. The van der Waals surface area contributed by atoms with Crippen molar-refractivity contribution in [2.45, 2.75) is 32.7 Å². The van der Waals surface area contributed by atoms with Crippen LogP contribution in [0.3, 0.4) is 0 Å². The van der Waals surface area contributed by atoms with Gasteiger partial charge >= 0.3 is 0 Å². The predicted molar refractivity (Wildman–Crippen MR) is 85.1 cm³/mol. The Morgan fingerprint density at radius 1 is 1.26 bits per heavy atom. The first-order chi connectivity index (χ1) is 9.18. The fourth-order valence-corrected chi connectivity index (χ4v) is 2.75. The number of fused-ring (bicyclic) bond motifs is 1. The van der Waals surface area contributed by atoms with Gasteiger partial charge in [-0.1, -0.05) is 12.1 Å². The summed E-state index contributed by atoms with van der Waals surface area (Å²) in [5, 5.41) is 5.95. The molecule has 0 aliphatic carbocycles. The first-order valence-corrected chi connectivity index (χ1v) is 7.74. The number of nitrogens with one attached hydrogen (secondary N) is 1. The third kappa shape index (κ3) is 3.91. The monoisotopic (exact) mass is 277 g/mol. The van der Waals surface area contributed by atoms with E-state index >= 15 is 0 Å². The van der Waals surface area contributed by atoms with E-state index in [9.17, 15) is 0 Å². The van der Waals surface area contributed by atoms with Crippen LogP contribution in [0.15, 0.2) is 24.3 Å². The van der Waals surface area contributed by atoms with Crippen molar-refractivity contribution < 1.29 is 0 Å². The number of benzene rings is 1. The molecular weight excluding hydrogens is 254 g/mol. The normalized spacial score (nSPS) is 11.6. The minimum absolute atomic E-state index is 0.637. The summed E-state index contributed by atoms with van der Waals surface area (Å²) in [6.07, 6.45) is 2.43. The maximum absolute atomic E-state index is 4.44. The molecule has 0 radical (unpaired) electrons. The van der Waals surface area contributed by atoms with E-state index in [4.69, 9.17) is 0 Å². The quantitative estimate of drug-likeness (QED) is 0.780. The molecule has 2 rings (SSSR count). The molecule has 0 saturated heterocycles. The molecule has 0 fully saturated rings. The zero-order valence-electron chi connectivity index (χ0n) is 12.0. The lowest BCUT2D eigenvalue weighted by Gasteiger charge is -2.20. The minimum atomic E-state index is 0.637. The Morgan fingerprint density at radius 2 is 2.05 bits per heavy atom. The molecule has 0 aliphatic heterocycles. The number of anilines is 1. The van der Waals surface area contributed by atoms with Gasteiger partial charge in [0.25, 0.3) is 0 Å². The van der Waals surface area contributed by atoms with E-state index in [1.54, 1.807) is 11.5 Å². The zero-order valence-corrected chi connectivity index (χ0v) is 12.8. The molecule has 1 aromatic heterocycles. The molecule has 0 atom stereocenters. The van der Waals surface area contributed by atoms with Crippen LogP contribution >= 0.6 is 11.5 Å². The first-order valence-electron chi connectivity index (χ1n) is 6.97. The van der Waals surface area contributed by atoms with E-state index in [0.29, 0.717) is 6.04 Å². The van der Waals surface area contributed by atoms with Crippen LogP contribution < -0.4 is 5.32 Å². The van der Waals surface area contributed by atoms with Gasteiger partial charge in [-0.3, -0.25) is 0 Å². The van der Waals surface area contributed by atoms with Crippen molar-refractivity contribution in [1.29, 1.82) is 0 Å². The van der Waals surface area contributed by atoms with Crippen molar-refractivity contribution in [2.75, 3.05) is 25.5 Å². The van der Waals surface area contributed by atoms with Crippen LogP contribution in [0.5, 0.6) is 0 Å². The van der Waals surface area contributed by atoms with Crippen molar-refractivity contribution in [1.82, 2.24) is 9.27 Å². The predicted octanol–water partition coefficient (Wildman–Crippen LogP) is 3.83. The lowest BCUT2D eigenvalue weighted by molar-refractivity contribution is 0.269. The van der Waals surface area contributed by atoms with Crippen LogP contribution in [0, 0.1) is 0 Å². The van der Waals surface area contributed by atoms with E-state index < -0.39 is 0 Å². The second kappa shape index (κ2) is 6.87. The highest BCUT2D eigenvalue weighted by atomic mass is 32.1. The number of hydrogen-bond donors (Lipinski definition) is 1. The summed E-state index contributed by atoms with van der Waals surface area (Å²) in [6.45, 7) is 6.67. The average Bonchev–Trinajstić information content (AvgIpc) is 2.81. The molecular formula is C15H23N3S. The minimum Gasteiger partial charge on any atom is -0.375 e. The van der Waals surface area contributed by atoms with E-state index in [1.807, 2.05) is 6.07 Å². The van der Waals surface area contributed by atoms with E-state index in [2.05, 4.69) is 53.7 Å². The molecule has 104 valence electrons.